The van der Waals surface area contributed by atoms with Gasteiger partial charge in [0.2, 0.25) is 0 Å². The van der Waals surface area contributed by atoms with E-state index in [1.54, 1.807) is 12.1 Å². The van der Waals surface area contributed by atoms with Crippen molar-refractivity contribution >= 4 is 35.6 Å². The summed E-state index contributed by atoms with van der Waals surface area (Å²) in [5.41, 5.74) is 1.47. The SMILES string of the molecule is Cl.Clc1cccc(Cl)c1-c1cc(C2CC2)on1. The molecule has 1 aliphatic rings. The molecular weight excluding hydrogens is 280 g/mol. The molecule has 1 aromatic carbocycles. The van der Waals surface area contributed by atoms with Gasteiger partial charge in [-0.3, -0.25) is 0 Å². The third-order valence-electron chi connectivity index (χ3n) is 2.73. The number of benzene rings is 1. The predicted octanol–water partition coefficient (Wildman–Crippen LogP) is 4.95. The zero-order valence-electron chi connectivity index (χ0n) is 8.82. The minimum absolute atomic E-state index is 0. The fourth-order valence-corrected chi connectivity index (χ4v) is 2.30. The van der Waals surface area contributed by atoms with E-state index in [0.29, 0.717) is 16.0 Å². The van der Waals surface area contributed by atoms with Crippen molar-refractivity contribution in [2.45, 2.75) is 18.8 Å². The van der Waals surface area contributed by atoms with Gasteiger partial charge in [0, 0.05) is 17.5 Å². The number of hydrogen-bond acceptors (Lipinski definition) is 2. The van der Waals surface area contributed by atoms with Gasteiger partial charge in [0.25, 0.3) is 0 Å². The van der Waals surface area contributed by atoms with Crippen LogP contribution in [-0.2, 0) is 0 Å². The molecule has 0 saturated heterocycles. The maximum atomic E-state index is 6.10. The second-order valence-electron chi connectivity index (χ2n) is 3.99. The van der Waals surface area contributed by atoms with Gasteiger partial charge in [-0.15, -0.1) is 12.4 Å². The topological polar surface area (TPSA) is 26.0 Å². The lowest BCUT2D eigenvalue weighted by molar-refractivity contribution is 0.386. The van der Waals surface area contributed by atoms with Crippen LogP contribution in [0.2, 0.25) is 10.0 Å². The largest absolute Gasteiger partial charge is 0.360 e. The molecule has 17 heavy (non-hydrogen) atoms. The minimum atomic E-state index is 0. The monoisotopic (exact) mass is 289 g/mol. The van der Waals surface area contributed by atoms with Crippen LogP contribution in [0.25, 0.3) is 11.3 Å². The average Bonchev–Trinajstić information content (AvgIpc) is 2.99. The molecule has 1 heterocycles. The summed E-state index contributed by atoms with van der Waals surface area (Å²) in [6.07, 6.45) is 2.37. The van der Waals surface area contributed by atoms with Crippen LogP contribution < -0.4 is 0 Å². The lowest BCUT2D eigenvalue weighted by Crippen LogP contribution is -1.80. The van der Waals surface area contributed by atoms with E-state index >= 15 is 0 Å². The Hall–Kier alpha value is -0.700. The molecule has 1 saturated carbocycles. The van der Waals surface area contributed by atoms with Crippen LogP contribution in [0.4, 0.5) is 0 Å². The quantitative estimate of drug-likeness (QED) is 0.782. The maximum Gasteiger partial charge on any atom is 0.140 e. The lowest BCUT2D eigenvalue weighted by Gasteiger charge is -2.01. The summed E-state index contributed by atoms with van der Waals surface area (Å²) in [7, 11) is 0. The number of aromatic nitrogens is 1. The number of rotatable bonds is 2. The molecule has 90 valence electrons. The first kappa shape index (κ1) is 12.7. The Kier molecular flexibility index (Phi) is 3.67. The van der Waals surface area contributed by atoms with Crippen molar-refractivity contribution in [2.24, 2.45) is 0 Å². The van der Waals surface area contributed by atoms with E-state index in [0.717, 1.165) is 17.0 Å². The first-order chi connectivity index (χ1) is 7.75. The molecule has 0 amide bonds. The fourth-order valence-electron chi connectivity index (χ4n) is 1.71. The summed E-state index contributed by atoms with van der Waals surface area (Å²) in [6.45, 7) is 0. The van der Waals surface area contributed by atoms with Crippen molar-refractivity contribution in [3.63, 3.8) is 0 Å². The Morgan fingerprint density at radius 1 is 1.18 bits per heavy atom. The Bertz CT molecular complexity index is 514. The van der Waals surface area contributed by atoms with Crippen LogP contribution in [0.5, 0.6) is 0 Å². The molecule has 0 unspecified atom stereocenters. The maximum absolute atomic E-state index is 6.10. The smallest absolute Gasteiger partial charge is 0.140 e. The summed E-state index contributed by atoms with van der Waals surface area (Å²) < 4.78 is 5.29. The average molecular weight is 291 g/mol. The lowest BCUT2D eigenvalue weighted by atomic mass is 10.1. The van der Waals surface area contributed by atoms with E-state index in [1.165, 1.54) is 12.8 Å². The standard InChI is InChI=1S/C12H9Cl2NO.ClH/c13-8-2-1-3-9(14)12(8)10-6-11(16-15-10)7-4-5-7;/h1-3,6-7H,4-5H2;1H. The molecule has 0 radical (unpaired) electrons. The Labute approximate surface area is 115 Å². The third-order valence-corrected chi connectivity index (χ3v) is 3.36. The Morgan fingerprint density at radius 2 is 1.82 bits per heavy atom. The highest BCUT2D eigenvalue weighted by Gasteiger charge is 2.28. The second-order valence-corrected chi connectivity index (χ2v) is 4.80. The number of nitrogens with zero attached hydrogens (tertiary/aromatic N) is 1. The highest BCUT2D eigenvalue weighted by atomic mass is 35.5. The van der Waals surface area contributed by atoms with Crippen molar-refractivity contribution in [2.75, 3.05) is 0 Å². The van der Waals surface area contributed by atoms with Crippen LogP contribution in [0.1, 0.15) is 24.5 Å². The van der Waals surface area contributed by atoms with Gasteiger partial charge in [-0.05, 0) is 25.0 Å². The Balaban J connectivity index is 0.00000108. The van der Waals surface area contributed by atoms with Crippen molar-refractivity contribution < 1.29 is 4.52 Å². The van der Waals surface area contributed by atoms with Crippen LogP contribution >= 0.6 is 35.6 Å². The van der Waals surface area contributed by atoms with Crippen molar-refractivity contribution in [1.29, 1.82) is 0 Å². The van der Waals surface area contributed by atoms with E-state index in [1.807, 2.05) is 12.1 Å². The molecule has 1 fully saturated rings. The summed E-state index contributed by atoms with van der Waals surface area (Å²) in [5.74, 6) is 1.48. The van der Waals surface area contributed by atoms with Crippen LogP contribution in [0.15, 0.2) is 28.8 Å². The highest BCUT2D eigenvalue weighted by Crippen LogP contribution is 2.42. The van der Waals surface area contributed by atoms with Gasteiger partial charge in [-0.2, -0.15) is 0 Å². The molecule has 0 N–H and O–H groups in total. The van der Waals surface area contributed by atoms with Gasteiger partial charge >= 0.3 is 0 Å². The van der Waals surface area contributed by atoms with Gasteiger partial charge in [-0.25, -0.2) is 0 Å². The molecular formula is C12H10Cl3NO. The zero-order chi connectivity index (χ0) is 11.1. The molecule has 2 nitrogen and oxygen atoms in total. The van der Waals surface area contributed by atoms with Crippen molar-refractivity contribution in [1.82, 2.24) is 5.16 Å². The minimum Gasteiger partial charge on any atom is -0.360 e. The van der Waals surface area contributed by atoms with Crippen LogP contribution in [0, 0.1) is 0 Å². The molecule has 2 aromatic rings. The van der Waals surface area contributed by atoms with Crippen molar-refractivity contribution in [3.05, 3.63) is 40.1 Å². The summed E-state index contributed by atoms with van der Waals surface area (Å²) in [4.78, 5) is 0. The molecule has 5 heteroatoms. The molecule has 0 spiro atoms. The second kappa shape index (κ2) is 4.89. The van der Waals surface area contributed by atoms with Gasteiger partial charge in [-0.1, -0.05) is 34.4 Å². The first-order valence-electron chi connectivity index (χ1n) is 5.16. The molecule has 0 aliphatic heterocycles. The van der Waals surface area contributed by atoms with Crippen LogP contribution in [-0.4, -0.2) is 5.16 Å². The summed E-state index contributed by atoms with van der Waals surface area (Å²) >= 11 is 12.2. The molecule has 3 rings (SSSR count). The number of halogens is 3. The van der Waals surface area contributed by atoms with E-state index in [2.05, 4.69) is 5.16 Å². The first-order valence-corrected chi connectivity index (χ1v) is 5.92. The third kappa shape index (κ3) is 2.44. The zero-order valence-corrected chi connectivity index (χ0v) is 11.1. The molecule has 0 bridgehead atoms. The van der Waals surface area contributed by atoms with Gasteiger partial charge in [0.15, 0.2) is 0 Å². The van der Waals surface area contributed by atoms with Gasteiger partial charge in [0.05, 0.1) is 10.0 Å². The van der Waals surface area contributed by atoms with Gasteiger partial charge in [0.1, 0.15) is 11.5 Å². The molecule has 1 aromatic heterocycles. The molecule has 1 aliphatic carbocycles. The van der Waals surface area contributed by atoms with Crippen LogP contribution in [0.3, 0.4) is 0 Å². The predicted molar refractivity (Wildman–Crippen MR) is 71.2 cm³/mol. The summed E-state index contributed by atoms with van der Waals surface area (Å²) in [5, 5.41) is 5.23. The Morgan fingerprint density at radius 3 is 2.41 bits per heavy atom. The normalized spacial score (nSPS) is 14.5. The highest BCUT2D eigenvalue weighted by molar-refractivity contribution is 6.39. The summed E-state index contributed by atoms with van der Waals surface area (Å²) in [6, 6.07) is 7.35. The van der Waals surface area contributed by atoms with Gasteiger partial charge < -0.3 is 4.52 Å². The van der Waals surface area contributed by atoms with Crippen molar-refractivity contribution in [3.8, 4) is 11.3 Å². The molecule has 0 atom stereocenters. The fraction of sp³-hybridized carbons (Fsp3) is 0.250. The van der Waals surface area contributed by atoms with E-state index in [-0.39, 0.29) is 12.4 Å². The number of hydrogen-bond donors (Lipinski definition) is 0. The van der Waals surface area contributed by atoms with E-state index < -0.39 is 0 Å². The van der Waals surface area contributed by atoms with E-state index in [9.17, 15) is 0 Å². The van der Waals surface area contributed by atoms with E-state index in [4.69, 9.17) is 27.7 Å².